The molecule has 5 rings (SSSR count). The zero-order valence-electron chi connectivity index (χ0n) is 21.0. The number of methoxy groups -OCH3 is 1. The number of carbonyl (C=O) groups excluding carboxylic acids is 1. The van der Waals surface area contributed by atoms with E-state index in [1.807, 2.05) is 35.7 Å². The van der Waals surface area contributed by atoms with E-state index in [2.05, 4.69) is 39.3 Å². The minimum atomic E-state index is -3.84. The minimum Gasteiger partial charge on any atom is -0.497 e. The normalized spacial score (nSPS) is 11.1. The SMILES string of the molecule is COc1ccc(S(=O)(=O)Nc2cccc(C(=O)Nc3nc(-c4ccc(Cc5ccccc5)cc4)cs3)c2)cc1. The number of anilines is 2. The van der Waals surface area contributed by atoms with Crippen LogP contribution in [0.3, 0.4) is 0 Å². The van der Waals surface area contributed by atoms with E-state index in [4.69, 9.17) is 4.74 Å². The number of hydrogen-bond donors (Lipinski definition) is 2. The molecule has 0 fully saturated rings. The van der Waals surface area contributed by atoms with Crippen LogP contribution in [0.5, 0.6) is 5.75 Å². The molecule has 0 saturated heterocycles. The molecule has 0 aliphatic carbocycles. The molecular formula is C30H25N3O4S2. The summed E-state index contributed by atoms with van der Waals surface area (Å²) in [5.41, 5.74) is 4.75. The third-order valence-corrected chi connectivity index (χ3v) is 8.13. The molecule has 5 aromatic rings. The number of nitrogens with one attached hydrogen (secondary N) is 2. The number of rotatable bonds is 9. The lowest BCUT2D eigenvalue weighted by Gasteiger charge is -2.10. The van der Waals surface area contributed by atoms with Crippen molar-refractivity contribution in [3.05, 3.63) is 125 Å². The zero-order chi connectivity index (χ0) is 27.2. The van der Waals surface area contributed by atoms with Gasteiger partial charge in [-0.3, -0.25) is 14.8 Å². The number of benzene rings is 4. The molecule has 1 heterocycles. The van der Waals surface area contributed by atoms with E-state index in [-0.39, 0.29) is 16.5 Å². The van der Waals surface area contributed by atoms with Crippen molar-refractivity contribution in [2.75, 3.05) is 17.1 Å². The Morgan fingerprint density at radius 3 is 2.31 bits per heavy atom. The number of carbonyl (C=O) groups is 1. The molecule has 0 atom stereocenters. The molecule has 2 N–H and O–H groups in total. The number of amides is 1. The lowest BCUT2D eigenvalue weighted by molar-refractivity contribution is 0.102. The van der Waals surface area contributed by atoms with E-state index in [9.17, 15) is 13.2 Å². The maximum absolute atomic E-state index is 12.9. The zero-order valence-corrected chi connectivity index (χ0v) is 22.6. The highest BCUT2D eigenvalue weighted by Gasteiger charge is 2.16. The average molecular weight is 556 g/mol. The fourth-order valence-corrected chi connectivity index (χ4v) is 5.72. The van der Waals surface area contributed by atoms with Gasteiger partial charge < -0.3 is 4.74 Å². The second-order valence-corrected chi connectivity index (χ2v) is 11.3. The highest BCUT2D eigenvalue weighted by molar-refractivity contribution is 7.92. The minimum absolute atomic E-state index is 0.0848. The van der Waals surface area contributed by atoms with Gasteiger partial charge in [-0.25, -0.2) is 13.4 Å². The molecule has 0 spiro atoms. The van der Waals surface area contributed by atoms with Gasteiger partial charge in [-0.1, -0.05) is 60.7 Å². The van der Waals surface area contributed by atoms with Crippen molar-refractivity contribution in [2.24, 2.45) is 0 Å². The van der Waals surface area contributed by atoms with Gasteiger partial charge in [0.05, 0.1) is 17.7 Å². The Balaban J connectivity index is 1.23. The average Bonchev–Trinajstić information content (AvgIpc) is 3.42. The van der Waals surface area contributed by atoms with Crippen molar-refractivity contribution in [3.8, 4) is 17.0 Å². The fourth-order valence-electron chi connectivity index (χ4n) is 3.95. The van der Waals surface area contributed by atoms with Crippen LogP contribution in [0.1, 0.15) is 21.5 Å². The topological polar surface area (TPSA) is 97.4 Å². The van der Waals surface area contributed by atoms with Gasteiger partial charge in [0.1, 0.15) is 5.75 Å². The van der Waals surface area contributed by atoms with Crippen LogP contribution in [-0.4, -0.2) is 26.4 Å². The summed E-state index contributed by atoms with van der Waals surface area (Å²) in [5, 5.41) is 5.15. The molecule has 1 amide bonds. The van der Waals surface area contributed by atoms with Crippen molar-refractivity contribution in [2.45, 2.75) is 11.3 Å². The molecule has 0 radical (unpaired) electrons. The van der Waals surface area contributed by atoms with Gasteiger partial charge in [0.2, 0.25) is 0 Å². The van der Waals surface area contributed by atoms with Crippen LogP contribution in [0.2, 0.25) is 0 Å². The molecule has 196 valence electrons. The van der Waals surface area contributed by atoms with Crippen LogP contribution < -0.4 is 14.8 Å². The standard InChI is InChI=1S/C30H25N3O4S2/c1-37-26-14-16-27(17-15-26)39(35,36)33-25-9-5-8-24(19-25)29(34)32-30-31-28(20-38-30)23-12-10-22(11-13-23)18-21-6-3-2-4-7-21/h2-17,19-20,33H,18H2,1H3,(H,31,32,34). The van der Waals surface area contributed by atoms with Crippen molar-refractivity contribution >= 4 is 38.1 Å². The van der Waals surface area contributed by atoms with Gasteiger partial charge in [0, 0.05) is 22.2 Å². The first-order chi connectivity index (χ1) is 18.9. The van der Waals surface area contributed by atoms with Crippen LogP contribution in [-0.2, 0) is 16.4 Å². The molecule has 0 aliphatic rings. The Bertz CT molecular complexity index is 1680. The summed E-state index contributed by atoms with van der Waals surface area (Å²) in [5.74, 6) is 0.164. The third-order valence-electron chi connectivity index (χ3n) is 5.97. The number of sulfonamides is 1. The number of ether oxygens (including phenoxy) is 1. The summed E-state index contributed by atoms with van der Waals surface area (Å²) in [6.45, 7) is 0. The van der Waals surface area contributed by atoms with Crippen LogP contribution in [0.4, 0.5) is 10.8 Å². The van der Waals surface area contributed by atoms with E-state index < -0.39 is 10.0 Å². The van der Waals surface area contributed by atoms with E-state index in [0.29, 0.717) is 16.4 Å². The Hall–Kier alpha value is -4.47. The predicted molar refractivity (Wildman–Crippen MR) is 155 cm³/mol. The first kappa shape index (κ1) is 26.1. The van der Waals surface area contributed by atoms with Gasteiger partial charge in [-0.2, -0.15) is 0 Å². The summed E-state index contributed by atoms with van der Waals surface area (Å²) in [4.78, 5) is 17.5. The number of aromatic nitrogens is 1. The quantitative estimate of drug-likeness (QED) is 0.217. The second-order valence-electron chi connectivity index (χ2n) is 8.71. The Morgan fingerprint density at radius 1 is 0.872 bits per heavy atom. The van der Waals surface area contributed by atoms with Crippen molar-refractivity contribution < 1.29 is 17.9 Å². The maximum atomic E-state index is 12.9. The first-order valence-corrected chi connectivity index (χ1v) is 14.4. The van der Waals surface area contributed by atoms with Gasteiger partial charge in [-0.15, -0.1) is 11.3 Å². The molecule has 0 aliphatic heterocycles. The van der Waals surface area contributed by atoms with Gasteiger partial charge in [-0.05, 0) is 60.0 Å². The monoisotopic (exact) mass is 555 g/mol. The van der Waals surface area contributed by atoms with Gasteiger partial charge in [0.25, 0.3) is 15.9 Å². The summed E-state index contributed by atoms with van der Waals surface area (Å²) in [6.07, 6.45) is 0.856. The van der Waals surface area contributed by atoms with Crippen LogP contribution in [0.25, 0.3) is 11.3 Å². The maximum Gasteiger partial charge on any atom is 0.261 e. The van der Waals surface area contributed by atoms with Crippen molar-refractivity contribution in [1.82, 2.24) is 4.98 Å². The highest BCUT2D eigenvalue weighted by atomic mass is 32.2. The lowest BCUT2D eigenvalue weighted by Crippen LogP contribution is -2.15. The molecule has 39 heavy (non-hydrogen) atoms. The van der Waals surface area contributed by atoms with Crippen LogP contribution in [0, 0.1) is 0 Å². The van der Waals surface area contributed by atoms with Crippen molar-refractivity contribution in [3.63, 3.8) is 0 Å². The van der Waals surface area contributed by atoms with E-state index in [0.717, 1.165) is 17.7 Å². The van der Waals surface area contributed by atoms with Crippen LogP contribution >= 0.6 is 11.3 Å². The van der Waals surface area contributed by atoms with Gasteiger partial charge in [0.15, 0.2) is 5.13 Å². The number of hydrogen-bond acceptors (Lipinski definition) is 6. The van der Waals surface area contributed by atoms with E-state index in [1.165, 1.54) is 47.8 Å². The smallest absolute Gasteiger partial charge is 0.261 e. The summed E-state index contributed by atoms with van der Waals surface area (Å²) < 4.78 is 33.1. The van der Waals surface area contributed by atoms with E-state index in [1.54, 1.807) is 30.3 Å². The molecule has 4 aromatic carbocycles. The summed E-state index contributed by atoms with van der Waals surface area (Å²) in [6, 6.07) is 30.8. The Morgan fingerprint density at radius 2 is 1.59 bits per heavy atom. The summed E-state index contributed by atoms with van der Waals surface area (Å²) >= 11 is 1.32. The molecule has 0 saturated carbocycles. The molecular weight excluding hydrogens is 530 g/mol. The Labute approximate surface area is 231 Å². The highest BCUT2D eigenvalue weighted by Crippen LogP contribution is 2.26. The molecule has 0 unspecified atom stereocenters. The van der Waals surface area contributed by atoms with Crippen LogP contribution in [0.15, 0.2) is 113 Å². The number of thiazole rings is 1. The Kier molecular flexibility index (Phi) is 7.72. The predicted octanol–water partition coefficient (Wildman–Crippen LogP) is 6.46. The molecule has 7 nitrogen and oxygen atoms in total. The molecule has 0 bridgehead atoms. The largest absolute Gasteiger partial charge is 0.497 e. The third kappa shape index (κ3) is 6.51. The summed E-state index contributed by atoms with van der Waals surface area (Å²) in [7, 11) is -2.33. The lowest BCUT2D eigenvalue weighted by atomic mass is 10.0. The van der Waals surface area contributed by atoms with E-state index >= 15 is 0 Å². The van der Waals surface area contributed by atoms with Crippen molar-refractivity contribution in [1.29, 1.82) is 0 Å². The second kappa shape index (κ2) is 11.5. The molecule has 1 aromatic heterocycles. The molecule has 9 heteroatoms. The first-order valence-electron chi connectivity index (χ1n) is 12.1. The number of nitrogens with zero attached hydrogens (tertiary/aromatic N) is 1. The fraction of sp³-hybridized carbons (Fsp3) is 0.0667. The van der Waals surface area contributed by atoms with Gasteiger partial charge >= 0.3 is 0 Å².